The summed E-state index contributed by atoms with van der Waals surface area (Å²) in [7, 11) is 0. The number of carbonyl (C=O) groups excluding carboxylic acids is 1. The maximum atomic E-state index is 13.2. The first-order valence-corrected chi connectivity index (χ1v) is 7.62. The van der Waals surface area contributed by atoms with Crippen LogP contribution in [-0.2, 0) is 11.2 Å². The van der Waals surface area contributed by atoms with Crippen molar-refractivity contribution in [3.8, 4) is 11.8 Å². The number of allylic oxidation sites excluding steroid dienone is 6. The minimum absolute atomic E-state index is 0.329. The summed E-state index contributed by atoms with van der Waals surface area (Å²) in [5, 5.41) is 9.72. The summed E-state index contributed by atoms with van der Waals surface area (Å²) in [5.74, 6) is 5.73. The Labute approximate surface area is 133 Å². The van der Waals surface area contributed by atoms with Gasteiger partial charge in [0.15, 0.2) is 0 Å². The van der Waals surface area contributed by atoms with E-state index in [9.17, 15) is 14.4 Å². The van der Waals surface area contributed by atoms with E-state index < -0.39 is 12.2 Å². The number of hydroxylamine groups is 2. The van der Waals surface area contributed by atoms with Crippen molar-refractivity contribution in [1.82, 2.24) is 5.06 Å². The van der Waals surface area contributed by atoms with E-state index in [4.69, 9.17) is 0 Å². The van der Waals surface area contributed by atoms with E-state index in [1.165, 1.54) is 12.2 Å². The molecule has 1 amide bonds. The van der Waals surface area contributed by atoms with Gasteiger partial charge in [-0.25, -0.2) is 9.45 Å². The fourth-order valence-electron chi connectivity index (χ4n) is 1.81. The van der Waals surface area contributed by atoms with Crippen LogP contribution < -0.4 is 0 Å². The van der Waals surface area contributed by atoms with Crippen molar-refractivity contribution in [3.05, 3.63) is 57.8 Å². The molecule has 0 bridgehead atoms. The lowest BCUT2D eigenvalue weighted by Crippen LogP contribution is -2.26. The zero-order chi connectivity index (χ0) is 15.9. The summed E-state index contributed by atoms with van der Waals surface area (Å²) < 4.78 is 13.2. The lowest BCUT2D eigenvalue weighted by molar-refractivity contribution is -0.153. The topological polar surface area (TPSA) is 40.5 Å². The zero-order valence-corrected chi connectivity index (χ0v) is 12.9. The molecule has 22 heavy (non-hydrogen) atoms. The predicted octanol–water partition coefficient (Wildman–Crippen LogP) is 3.27. The molecular weight excluding hydrogens is 301 g/mol. The van der Waals surface area contributed by atoms with Crippen LogP contribution in [-0.4, -0.2) is 28.9 Å². The molecule has 0 saturated carbocycles. The molecular formula is C17H16FNO2S. The maximum absolute atomic E-state index is 13.2. The quantitative estimate of drug-likeness (QED) is 0.401. The van der Waals surface area contributed by atoms with E-state index in [2.05, 4.69) is 11.8 Å². The number of halogens is 1. The fourth-order valence-corrected chi connectivity index (χ4v) is 2.72. The zero-order valence-electron chi connectivity index (χ0n) is 12.1. The Kier molecular flexibility index (Phi) is 5.70. The highest BCUT2D eigenvalue weighted by atomic mass is 32.1. The second-order valence-electron chi connectivity index (χ2n) is 4.80. The third-order valence-corrected chi connectivity index (χ3v) is 4.05. The van der Waals surface area contributed by atoms with Crippen LogP contribution in [0.5, 0.6) is 0 Å². The Morgan fingerprint density at radius 3 is 3.09 bits per heavy atom. The molecule has 0 saturated heterocycles. The summed E-state index contributed by atoms with van der Waals surface area (Å²) in [6, 6.07) is 3.32. The van der Waals surface area contributed by atoms with Crippen LogP contribution in [0.1, 0.15) is 16.7 Å². The maximum Gasteiger partial charge on any atom is 0.234 e. The highest BCUT2D eigenvalue weighted by molar-refractivity contribution is 7.12. The van der Waals surface area contributed by atoms with Gasteiger partial charge in [0.2, 0.25) is 6.41 Å². The van der Waals surface area contributed by atoms with Crippen LogP contribution in [0.2, 0.25) is 0 Å². The van der Waals surface area contributed by atoms with E-state index in [-0.39, 0.29) is 0 Å². The molecule has 0 spiro atoms. The molecule has 0 aromatic carbocycles. The van der Waals surface area contributed by atoms with Crippen molar-refractivity contribution in [2.75, 3.05) is 0 Å². The average molecular weight is 317 g/mol. The molecule has 1 aromatic heterocycles. The first-order chi connectivity index (χ1) is 10.6. The summed E-state index contributed by atoms with van der Waals surface area (Å²) in [6.07, 6.45) is 8.48. The molecule has 1 aliphatic carbocycles. The number of hydrogen-bond acceptors (Lipinski definition) is 3. The number of nitrogens with zero attached hydrogens (tertiary/aromatic N) is 1. The van der Waals surface area contributed by atoms with Gasteiger partial charge in [0.1, 0.15) is 12.2 Å². The van der Waals surface area contributed by atoms with Crippen LogP contribution in [0.3, 0.4) is 0 Å². The average Bonchev–Trinajstić information content (AvgIpc) is 2.86. The van der Waals surface area contributed by atoms with E-state index >= 15 is 0 Å². The monoisotopic (exact) mass is 317 g/mol. The van der Waals surface area contributed by atoms with E-state index in [1.54, 1.807) is 30.4 Å². The number of rotatable bonds is 4. The van der Waals surface area contributed by atoms with Gasteiger partial charge in [-0.05, 0) is 36.8 Å². The largest absolute Gasteiger partial charge is 0.285 e. The lowest BCUT2D eigenvalue weighted by atomic mass is 10.1. The predicted molar refractivity (Wildman–Crippen MR) is 85.3 cm³/mol. The van der Waals surface area contributed by atoms with Gasteiger partial charge in [-0.3, -0.25) is 10.0 Å². The van der Waals surface area contributed by atoms with Crippen LogP contribution in [0.25, 0.3) is 0 Å². The van der Waals surface area contributed by atoms with E-state index in [0.717, 1.165) is 21.7 Å². The molecule has 1 unspecified atom stereocenters. The second kappa shape index (κ2) is 7.74. The van der Waals surface area contributed by atoms with Crippen molar-refractivity contribution < 1.29 is 14.4 Å². The molecule has 2 rings (SSSR count). The van der Waals surface area contributed by atoms with Crippen LogP contribution in [0.4, 0.5) is 4.39 Å². The molecule has 3 nitrogen and oxygen atoms in total. The van der Waals surface area contributed by atoms with Gasteiger partial charge in [0.05, 0.1) is 4.88 Å². The Hall–Kier alpha value is -2.16. The van der Waals surface area contributed by atoms with Crippen LogP contribution in [0.15, 0.2) is 48.1 Å². The number of amides is 1. The lowest BCUT2D eigenvalue weighted by Gasteiger charge is -2.10. The van der Waals surface area contributed by atoms with Gasteiger partial charge in [-0.15, -0.1) is 11.3 Å². The molecule has 1 heterocycles. The summed E-state index contributed by atoms with van der Waals surface area (Å²) in [5.41, 5.74) is 1.04. The fraction of sp³-hybridized carbons (Fsp3) is 0.235. The third-order valence-electron chi connectivity index (χ3n) is 3.05. The molecule has 0 radical (unpaired) electrons. The van der Waals surface area contributed by atoms with E-state index in [1.807, 2.05) is 18.2 Å². The van der Waals surface area contributed by atoms with E-state index in [0.29, 0.717) is 11.5 Å². The Morgan fingerprint density at radius 2 is 2.32 bits per heavy atom. The van der Waals surface area contributed by atoms with Gasteiger partial charge in [-0.2, -0.15) is 0 Å². The van der Waals surface area contributed by atoms with Crippen molar-refractivity contribution >= 4 is 17.7 Å². The Bertz CT molecular complexity index is 678. The minimum Gasteiger partial charge on any atom is -0.285 e. The number of hydrogen-bond donors (Lipinski definition) is 1. The molecule has 0 aliphatic heterocycles. The molecule has 114 valence electrons. The van der Waals surface area contributed by atoms with Gasteiger partial charge >= 0.3 is 0 Å². The van der Waals surface area contributed by atoms with Gasteiger partial charge in [0.25, 0.3) is 0 Å². The van der Waals surface area contributed by atoms with Gasteiger partial charge in [-0.1, -0.05) is 30.1 Å². The molecule has 1 aromatic rings. The van der Waals surface area contributed by atoms with Crippen molar-refractivity contribution in [2.45, 2.75) is 25.6 Å². The number of carbonyl (C=O) groups is 1. The van der Waals surface area contributed by atoms with Crippen LogP contribution in [0, 0.1) is 11.8 Å². The molecule has 1 N–H and O–H groups in total. The van der Waals surface area contributed by atoms with Gasteiger partial charge < -0.3 is 0 Å². The molecule has 1 aliphatic rings. The molecule has 0 fully saturated rings. The molecule has 2 atom stereocenters. The first-order valence-electron chi connectivity index (χ1n) is 6.81. The minimum atomic E-state index is -1.03. The summed E-state index contributed by atoms with van der Waals surface area (Å²) in [6.45, 7) is 1.64. The second-order valence-corrected chi connectivity index (χ2v) is 5.97. The third kappa shape index (κ3) is 4.69. The highest BCUT2D eigenvalue weighted by Gasteiger charge is 2.05. The first kappa shape index (κ1) is 16.2. The van der Waals surface area contributed by atoms with Crippen molar-refractivity contribution in [3.63, 3.8) is 0 Å². The summed E-state index contributed by atoms with van der Waals surface area (Å²) >= 11 is 1.54. The smallest absolute Gasteiger partial charge is 0.234 e. The standard InChI is InChI=1S/C17H16FNO2S/c1-13(19(21)12-20)5-8-16-9-10-17(22-16)11-14-3-2-4-15(18)7-6-14/h2-4,6-7,9-10,12-13,15,21H,11H2,1H3/t13-,15?/m1/s1. The SMILES string of the molecule is C[C@H](C#Cc1ccc(CC2=CC=CC(F)C=C2)s1)N(O)C=O. The van der Waals surface area contributed by atoms with Crippen LogP contribution >= 0.6 is 11.3 Å². The van der Waals surface area contributed by atoms with Crippen molar-refractivity contribution in [2.24, 2.45) is 0 Å². The van der Waals surface area contributed by atoms with Crippen molar-refractivity contribution in [1.29, 1.82) is 0 Å². The Balaban J connectivity index is 2.02. The number of thiophene rings is 1. The van der Waals surface area contributed by atoms with Gasteiger partial charge in [0, 0.05) is 11.3 Å². The number of alkyl halides is 1. The highest BCUT2D eigenvalue weighted by Crippen LogP contribution is 2.21. The summed E-state index contributed by atoms with van der Waals surface area (Å²) in [4.78, 5) is 12.4. The normalized spacial score (nSPS) is 18.0. The molecule has 5 heteroatoms. The Morgan fingerprint density at radius 1 is 1.50 bits per heavy atom.